The minimum Gasteiger partial charge on any atom is -0.384 e. The molecule has 70 valence electrons. The van der Waals surface area contributed by atoms with E-state index in [0.717, 1.165) is 16.1 Å². The fraction of sp³-hybridized carbons (Fsp3) is 0.556. The van der Waals surface area contributed by atoms with E-state index in [0.29, 0.717) is 5.82 Å². The van der Waals surface area contributed by atoms with E-state index in [-0.39, 0.29) is 0 Å². The fourth-order valence-corrected chi connectivity index (χ4v) is 2.48. The van der Waals surface area contributed by atoms with Crippen molar-refractivity contribution in [3.8, 4) is 0 Å². The van der Waals surface area contributed by atoms with Gasteiger partial charge in [-0.25, -0.2) is 9.97 Å². The first-order valence-corrected chi connectivity index (χ1v) is 5.40. The van der Waals surface area contributed by atoms with Gasteiger partial charge >= 0.3 is 0 Å². The van der Waals surface area contributed by atoms with Crippen molar-refractivity contribution in [3.05, 3.63) is 11.8 Å². The standard InChI is InChI=1S/C9H13N3S/c1-6-5-8(10)12-9(11-6)13-7-3-2-4-7/h5,7H,2-4H2,1H3,(H2,10,11,12). The van der Waals surface area contributed by atoms with Crippen LogP contribution in [0, 0.1) is 6.92 Å². The Bertz CT molecular complexity index is 289. The molecule has 1 heterocycles. The van der Waals surface area contributed by atoms with Crippen LogP contribution in [0.2, 0.25) is 0 Å². The summed E-state index contributed by atoms with van der Waals surface area (Å²) in [4.78, 5) is 8.51. The quantitative estimate of drug-likeness (QED) is 0.733. The molecule has 0 aliphatic heterocycles. The maximum absolute atomic E-state index is 5.63. The number of hydrogen-bond donors (Lipinski definition) is 1. The van der Waals surface area contributed by atoms with Gasteiger partial charge in [0.05, 0.1) is 0 Å². The molecule has 0 radical (unpaired) electrons. The van der Waals surface area contributed by atoms with Crippen molar-refractivity contribution < 1.29 is 0 Å². The highest BCUT2D eigenvalue weighted by Gasteiger charge is 2.19. The molecule has 3 nitrogen and oxygen atoms in total. The van der Waals surface area contributed by atoms with Gasteiger partial charge < -0.3 is 5.73 Å². The molecule has 1 aliphatic rings. The molecule has 1 aromatic heterocycles. The number of thioether (sulfide) groups is 1. The number of anilines is 1. The maximum atomic E-state index is 5.63. The van der Waals surface area contributed by atoms with Crippen molar-refractivity contribution >= 4 is 17.6 Å². The van der Waals surface area contributed by atoms with E-state index in [1.165, 1.54) is 19.3 Å². The summed E-state index contributed by atoms with van der Waals surface area (Å²) in [6, 6.07) is 1.80. The molecule has 0 aromatic carbocycles. The number of nitrogens with two attached hydrogens (primary N) is 1. The molecule has 13 heavy (non-hydrogen) atoms. The smallest absolute Gasteiger partial charge is 0.189 e. The van der Waals surface area contributed by atoms with Crippen LogP contribution in [0.25, 0.3) is 0 Å². The van der Waals surface area contributed by atoms with E-state index in [1.54, 1.807) is 17.8 Å². The van der Waals surface area contributed by atoms with Crippen LogP contribution < -0.4 is 5.73 Å². The van der Waals surface area contributed by atoms with Crippen LogP contribution in [0.4, 0.5) is 5.82 Å². The second-order valence-electron chi connectivity index (χ2n) is 3.39. The van der Waals surface area contributed by atoms with E-state index in [1.807, 2.05) is 6.92 Å². The van der Waals surface area contributed by atoms with Crippen LogP contribution in [0.5, 0.6) is 0 Å². The van der Waals surface area contributed by atoms with Gasteiger partial charge in [0.2, 0.25) is 0 Å². The van der Waals surface area contributed by atoms with Gasteiger partial charge in [-0.2, -0.15) is 0 Å². The van der Waals surface area contributed by atoms with Gasteiger partial charge in [0.1, 0.15) is 5.82 Å². The zero-order valence-corrected chi connectivity index (χ0v) is 8.47. The lowest BCUT2D eigenvalue weighted by Gasteiger charge is -2.23. The summed E-state index contributed by atoms with van der Waals surface area (Å²) in [5.41, 5.74) is 6.58. The number of nitrogen functional groups attached to an aromatic ring is 1. The van der Waals surface area contributed by atoms with Gasteiger partial charge in [-0.1, -0.05) is 18.2 Å². The van der Waals surface area contributed by atoms with Crippen LogP contribution >= 0.6 is 11.8 Å². The number of nitrogens with zero attached hydrogens (tertiary/aromatic N) is 2. The number of hydrogen-bond acceptors (Lipinski definition) is 4. The van der Waals surface area contributed by atoms with Gasteiger partial charge in [0.15, 0.2) is 5.16 Å². The first-order valence-electron chi connectivity index (χ1n) is 4.52. The molecule has 1 fully saturated rings. The van der Waals surface area contributed by atoms with Crippen molar-refractivity contribution in [3.63, 3.8) is 0 Å². The maximum Gasteiger partial charge on any atom is 0.189 e. The summed E-state index contributed by atoms with van der Waals surface area (Å²) in [5.74, 6) is 0.578. The third kappa shape index (κ3) is 2.12. The number of rotatable bonds is 2. The van der Waals surface area contributed by atoms with Crippen molar-refractivity contribution in [1.29, 1.82) is 0 Å². The Balaban J connectivity index is 2.10. The van der Waals surface area contributed by atoms with Gasteiger partial charge in [-0.05, 0) is 19.8 Å². The lowest BCUT2D eigenvalue weighted by molar-refractivity contribution is 0.521. The molecule has 0 saturated heterocycles. The van der Waals surface area contributed by atoms with Crippen LogP contribution in [-0.2, 0) is 0 Å². The van der Waals surface area contributed by atoms with Crippen molar-refractivity contribution in [2.24, 2.45) is 0 Å². The zero-order valence-electron chi connectivity index (χ0n) is 7.66. The third-order valence-electron chi connectivity index (χ3n) is 2.18. The number of aromatic nitrogens is 2. The molecule has 0 atom stereocenters. The Morgan fingerprint density at radius 1 is 1.46 bits per heavy atom. The predicted molar refractivity (Wildman–Crippen MR) is 54.7 cm³/mol. The summed E-state index contributed by atoms with van der Waals surface area (Å²) in [7, 11) is 0. The Kier molecular flexibility index (Phi) is 2.40. The second kappa shape index (κ2) is 3.54. The molecule has 0 spiro atoms. The largest absolute Gasteiger partial charge is 0.384 e. The molecule has 2 N–H and O–H groups in total. The minimum absolute atomic E-state index is 0.578. The van der Waals surface area contributed by atoms with Crippen LogP contribution in [0.15, 0.2) is 11.2 Å². The molecule has 0 amide bonds. The van der Waals surface area contributed by atoms with Crippen molar-refractivity contribution in [2.45, 2.75) is 36.6 Å². The van der Waals surface area contributed by atoms with Crippen LogP contribution in [-0.4, -0.2) is 15.2 Å². The Morgan fingerprint density at radius 2 is 2.23 bits per heavy atom. The van der Waals surface area contributed by atoms with E-state index in [9.17, 15) is 0 Å². The normalized spacial score (nSPS) is 17.0. The summed E-state index contributed by atoms with van der Waals surface area (Å²) >= 11 is 1.76. The summed E-state index contributed by atoms with van der Waals surface area (Å²) in [6.45, 7) is 1.95. The lowest BCUT2D eigenvalue weighted by atomic mass is 10.0. The predicted octanol–water partition coefficient (Wildman–Crippen LogP) is 2.01. The van der Waals surface area contributed by atoms with Crippen LogP contribution in [0.1, 0.15) is 25.0 Å². The van der Waals surface area contributed by atoms with Gasteiger partial charge in [-0.15, -0.1) is 0 Å². The van der Waals surface area contributed by atoms with E-state index >= 15 is 0 Å². The molecule has 0 bridgehead atoms. The molecule has 2 rings (SSSR count). The Hall–Kier alpha value is -0.770. The molecule has 1 aliphatic carbocycles. The molecule has 1 aromatic rings. The Morgan fingerprint density at radius 3 is 2.77 bits per heavy atom. The van der Waals surface area contributed by atoms with Crippen LogP contribution in [0.3, 0.4) is 0 Å². The fourth-order valence-electron chi connectivity index (χ4n) is 1.26. The second-order valence-corrected chi connectivity index (χ2v) is 4.66. The lowest BCUT2D eigenvalue weighted by Crippen LogP contribution is -2.13. The third-order valence-corrected chi connectivity index (χ3v) is 3.38. The number of aryl methyl sites for hydroxylation is 1. The first kappa shape index (κ1) is 8.81. The van der Waals surface area contributed by atoms with E-state index in [4.69, 9.17) is 5.73 Å². The highest BCUT2D eigenvalue weighted by Crippen LogP contribution is 2.34. The molecular weight excluding hydrogens is 182 g/mol. The highest BCUT2D eigenvalue weighted by molar-refractivity contribution is 7.99. The molecule has 4 heteroatoms. The molecular formula is C9H13N3S. The molecule has 0 unspecified atom stereocenters. The Labute approximate surface area is 82.2 Å². The minimum atomic E-state index is 0.578. The average Bonchev–Trinajstić information content (AvgIpc) is 1.95. The van der Waals surface area contributed by atoms with Crippen molar-refractivity contribution in [1.82, 2.24) is 9.97 Å². The SMILES string of the molecule is Cc1cc(N)nc(SC2CCC2)n1. The average molecular weight is 195 g/mol. The molecule has 1 saturated carbocycles. The monoisotopic (exact) mass is 195 g/mol. The zero-order chi connectivity index (χ0) is 9.26. The van der Waals surface area contributed by atoms with E-state index < -0.39 is 0 Å². The summed E-state index contributed by atoms with van der Waals surface area (Å²) in [5, 5.41) is 1.56. The summed E-state index contributed by atoms with van der Waals surface area (Å²) in [6.07, 6.45) is 3.93. The van der Waals surface area contributed by atoms with Gasteiger partial charge in [0.25, 0.3) is 0 Å². The highest BCUT2D eigenvalue weighted by atomic mass is 32.2. The van der Waals surface area contributed by atoms with Gasteiger partial charge in [0, 0.05) is 17.0 Å². The summed E-state index contributed by atoms with van der Waals surface area (Å²) < 4.78 is 0. The first-order chi connectivity index (χ1) is 6.24. The van der Waals surface area contributed by atoms with Crippen molar-refractivity contribution in [2.75, 3.05) is 5.73 Å². The van der Waals surface area contributed by atoms with E-state index in [2.05, 4.69) is 9.97 Å². The topological polar surface area (TPSA) is 51.8 Å². The van der Waals surface area contributed by atoms with Gasteiger partial charge in [-0.3, -0.25) is 0 Å².